The number of fused-ring (bicyclic) bond motifs is 1. The standard InChI is InChI=1S/C18H16N4O2/c1-12-7-5-6-8-13(12)11-21-16-15(19-20-21)17(23)22(18(16)24)14-9-3-2-4-10-14/h2-10,15-16H,11H2,1H3/t15-,16-/m1/s1. The van der Waals surface area contributed by atoms with Crippen molar-refractivity contribution in [2.75, 3.05) is 4.90 Å². The molecular formula is C18H16N4O2. The lowest BCUT2D eigenvalue weighted by Gasteiger charge is -2.21. The molecule has 1 saturated heterocycles. The van der Waals surface area contributed by atoms with Gasteiger partial charge in [0.15, 0.2) is 12.1 Å². The van der Waals surface area contributed by atoms with Crippen molar-refractivity contribution in [1.82, 2.24) is 5.01 Å². The van der Waals surface area contributed by atoms with E-state index in [2.05, 4.69) is 10.3 Å². The van der Waals surface area contributed by atoms with Crippen LogP contribution in [0.1, 0.15) is 11.1 Å². The van der Waals surface area contributed by atoms with E-state index < -0.39 is 12.1 Å². The monoisotopic (exact) mass is 320 g/mol. The molecule has 6 heteroatoms. The Morgan fingerprint density at radius 2 is 1.67 bits per heavy atom. The van der Waals surface area contributed by atoms with Gasteiger partial charge in [-0.2, -0.15) is 5.11 Å². The summed E-state index contributed by atoms with van der Waals surface area (Å²) in [6.07, 6.45) is 0. The van der Waals surface area contributed by atoms with Crippen LogP contribution >= 0.6 is 0 Å². The molecule has 0 N–H and O–H groups in total. The van der Waals surface area contributed by atoms with Crippen LogP contribution < -0.4 is 4.90 Å². The first-order chi connectivity index (χ1) is 11.7. The lowest BCUT2D eigenvalue weighted by molar-refractivity contribution is -0.123. The Hall–Kier alpha value is -3.02. The Balaban J connectivity index is 1.62. The third kappa shape index (κ3) is 2.19. The molecule has 2 aliphatic rings. The average Bonchev–Trinajstić information content (AvgIpc) is 3.11. The summed E-state index contributed by atoms with van der Waals surface area (Å²) in [7, 11) is 0. The lowest BCUT2D eigenvalue weighted by Crippen LogP contribution is -2.39. The van der Waals surface area contributed by atoms with E-state index in [1.807, 2.05) is 37.3 Å². The molecule has 0 spiro atoms. The molecule has 1 fully saturated rings. The molecule has 0 saturated carbocycles. The van der Waals surface area contributed by atoms with Crippen molar-refractivity contribution < 1.29 is 9.59 Å². The van der Waals surface area contributed by atoms with Gasteiger partial charge in [0.2, 0.25) is 0 Å². The first-order valence-electron chi connectivity index (χ1n) is 7.81. The van der Waals surface area contributed by atoms with Crippen molar-refractivity contribution in [3.63, 3.8) is 0 Å². The van der Waals surface area contributed by atoms with Crippen LogP contribution in [0.25, 0.3) is 0 Å². The molecule has 2 amide bonds. The van der Waals surface area contributed by atoms with Gasteiger partial charge < -0.3 is 0 Å². The zero-order valence-electron chi connectivity index (χ0n) is 13.2. The summed E-state index contributed by atoms with van der Waals surface area (Å²) in [5.74, 6) is -0.581. The molecule has 0 bridgehead atoms. The van der Waals surface area contributed by atoms with Crippen molar-refractivity contribution in [3.8, 4) is 0 Å². The second-order valence-electron chi connectivity index (χ2n) is 5.97. The number of aryl methyl sites for hydroxylation is 1. The quantitative estimate of drug-likeness (QED) is 0.816. The molecule has 4 rings (SSSR count). The SMILES string of the molecule is Cc1ccccc1CN1N=N[C@H]2C(=O)N(c3ccccc3)C(=O)[C@@H]21. The molecule has 0 aliphatic carbocycles. The van der Waals surface area contributed by atoms with Crippen molar-refractivity contribution in [2.24, 2.45) is 10.3 Å². The first kappa shape index (κ1) is 14.6. The van der Waals surface area contributed by atoms with Gasteiger partial charge in [-0.25, -0.2) is 4.90 Å². The number of para-hydroxylation sites is 1. The van der Waals surface area contributed by atoms with Crippen LogP contribution in [-0.4, -0.2) is 28.9 Å². The number of rotatable bonds is 3. The molecule has 2 atom stereocenters. The minimum Gasteiger partial charge on any atom is -0.271 e. The van der Waals surface area contributed by atoms with E-state index in [4.69, 9.17) is 0 Å². The smallest absolute Gasteiger partial charge is 0.263 e. The van der Waals surface area contributed by atoms with Gasteiger partial charge in [-0.05, 0) is 30.2 Å². The van der Waals surface area contributed by atoms with Gasteiger partial charge in [-0.1, -0.05) is 47.7 Å². The summed E-state index contributed by atoms with van der Waals surface area (Å²) in [6.45, 7) is 2.47. The molecule has 24 heavy (non-hydrogen) atoms. The summed E-state index contributed by atoms with van der Waals surface area (Å²) >= 11 is 0. The number of imide groups is 1. The van der Waals surface area contributed by atoms with Crippen LogP contribution in [0, 0.1) is 6.92 Å². The van der Waals surface area contributed by atoms with E-state index in [1.165, 1.54) is 4.90 Å². The van der Waals surface area contributed by atoms with Gasteiger partial charge >= 0.3 is 0 Å². The largest absolute Gasteiger partial charge is 0.271 e. The third-order valence-electron chi connectivity index (χ3n) is 4.47. The number of anilines is 1. The van der Waals surface area contributed by atoms with Crippen LogP contribution in [0.15, 0.2) is 64.9 Å². The fourth-order valence-corrected chi connectivity index (χ4v) is 3.15. The van der Waals surface area contributed by atoms with Crippen molar-refractivity contribution in [1.29, 1.82) is 0 Å². The number of carbonyl (C=O) groups is 2. The average molecular weight is 320 g/mol. The summed E-state index contributed by atoms with van der Waals surface area (Å²) in [6, 6.07) is 15.5. The molecule has 0 unspecified atom stereocenters. The molecule has 6 nitrogen and oxygen atoms in total. The van der Waals surface area contributed by atoms with E-state index in [-0.39, 0.29) is 11.8 Å². The fraction of sp³-hybridized carbons (Fsp3) is 0.222. The minimum atomic E-state index is -0.748. The van der Waals surface area contributed by atoms with E-state index in [0.717, 1.165) is 11.1 Å². The summed E-state index contributed by atoms with van der Waals surface area (Å²) in [5, 5.41) is 9.75. The Kier molecular flexibility index (Phi) is 3.37. The number of carbonyl (C=O) groups excluding carboxylic acids is 2. The van der Waals surface area contributed by atoms with Crippen LogP contribution in [0.2, 0.25) is 0 Å². The molecule has 2 aromatic carbocycles. The highest BCUT2D eigenvalue weighted by Crippen LogP contribution is 2.32. The zero-order valence-corrected chi connectivity index (χ0v) is 13.2. The molecular weight excluding hydrogens is 304 g/mol. The van der Waals surface area contributed by atoms with Crippen LogP contribution in [0.3, 0.4) is 0 Å². The number of hydrogen-bond acceptors (Lipinski definition) is 5. The summed E-state index contributed by atoms with van der Waals surface area (Å²) in [4.78, 5) is 26.6. The minimum absolute atomic E-state index is 0.269. The van der Waals surface area contributed by atoms with Crippen molar-refractivity contribution in [2.45, 2.75) is 25.6 Å². The second kappa shape index (κ2) is 5.56. The van der Waals surface area contributed by atoms with Gasteiger partial charge in [0, 0.05) is 0 Å². The Labute approximate surface area is 139 Å². The van der Waals surface area contributed by atoms with Gasteiger partial charge in [-0.3, -0.25) is 14.6 Å². The molecule has 0 aromatic heterocycles. The second-order valence-corrected chi connectivity index (χ2v) is 5.97. The van der Waals surface area contributed by atoms with Crippen LogP contribution in [0.5, 0.6) is 0 Å². The van der Waals surface area contributed by atoms with E-state index in [0.29, 0.717) is 12.2 Å². The van der Waals surface area contributed by atoms with Gasteiger partial charge in [-0.15, -0.1) is 0 Å². The summed E-state index contributed by atoms with van der Waals surface area (Å²) < 4.78 is 0. The predicted molar refractivity (Wildman–Crippen MR) is 88.1 cm³/mol. The number of amides is 2. The van der Waals surface area contributed by atoms with Gasteiger partial charge in [0.25, 0.3) is 11.8 Å². The highest BCUT2D eigenvalue weighted by molar-refractivity contribution is 6.25. The van der Waals surface area contributed by atoms with E-state index >= 15 is 0 Å². The van der Waals surface area contributed by atoms with E-state index in [9.17, 15) is 9.59 Å². The molecule has 2 aromatic rings. The molecule has 0 radical (unpaired) electrons. The predicted octanol–water partition coefficient (Wildman–Crippen LogP) is 2.49. The maximum Gasteiger partial charge on any atom is 0.263 e. The highest BCUT2D eigenvalue weighted by atomic mass is 16.2. The topological polar surface area (TPSA) is 65.3 Å². The normalized spacial score (nSPS) is 22.4. The van der Waals surface area contributed by atoms with E-state index in [1.54, 1.807) is 29.3 Å². The first-order valence-corrected chi connectivity index (χ1v) is 7.81. The number of nitrogens with zero attached hydrogens (tertiary/aromatic N) is 4. The maximum atomic E-state index is 12.8. The lowest BCUT2D eigenvalue weighted by atomic mass is 10.1. The molecule has 2 heterocycles. The van der Waals surface area contributed by atoms with Crippen LogP contribution in [-0.2, 0) is 16.1 Å². The third-order valence-corrected chi connectivity index (χ3v) is 4.47. The maximum absolute atomic E-state index is 12.8. The molecule has 120 valence electrons. The number of hydrogen-bond donors (Lipinski definition) is 0. The van der Waals surface area contributed by atoms with Crippen molar-refractivity contribution >= 4 is 17.5 Å². The van der Waals surface area contributed by atoms with Crippen molar-refractivity contribution in [3.05, 3.63) is 65.7 Å². The summed E-state index contributed by atoms with van der Waals surface area (Å²) in [5.41, 5.74) is 2.76. The molecule has 2 aliphatic heterocycles. The Morgan fingerprint density at radius 3 is 2.42 bits per heavy atom. The zero-order chi connectivity index (χ0) is 16.7. The Morgan fingerprint density at radius 1 is 0.958 bits per heavy atom. The number of benzene rings is 2. The van der Waals surface area contributed by atoms with Gasteiger partial charge in [0.1, 0.15) is 0 Å². The van der Waals surface area contributed by atoms with Crippen LogP contribution in [0.4, 0.5) is 5.69 Å². The fourth-order valence-electron chi connectivity index (χ4n) is 3.15. The van der Waals surface area contributed by atoms with Gasteiger partial charge in [0.05, 0.1) is 12.2 Å². The highest BCUT2D eigenvalue weighted by Gasteiger charge is 2.54. The Bertz CT molecular complexity index is 834.